The monoisotopic (exact) mass is 434 g/mol. The molecule has 156 valence electrons. The van der Waals surface area contributed by atoms with Crippen LogP contribution in [-0.2, 0) is 17.6 Å². The molecule has 1 aromatic heterocycles. The molecule has 0 spiro atoms. The summed E-state index contributed by atoms with van der Waals surface area (Å²) in [4.78, 5) is 26.2. The molecule has 2 amide bonds. The van der Waals surface area contributed by atoms with Crippen molar-refractivity contribution in [2.75, 3.05) is 17.7 Å². The first-order valence-corrected chi connectivity index (χ1v) is 11.0. The van der Waals surface area contributed by atoms with Crippen LogP contribution in [0, 0.1) is 11.3 Å². The minimum atomic E-state index is -0.405. The zero-order valence-corrected chi connectivity index (χ0v) is 18.8. The third kappa shape index (κ3) is 4.75. The molecule has 7 heteroatoms. The summed E-state index contributed by atoms with van der Waals surface area (Å²) in [6, 6.07) is 6.45. The van der Waals surface area contributed by atoms with Gasteiger partial charge in [-0.05, 0) is 60.4 Å². The molecule has 0 aliphatic heterocycles. The Morgan fingerprint density at radius 2 is 1.93 bits per heavy atom. The minimum Gasteiger partial charge on any atom is -0.465 e. The molecule has 1 unspecified atom stereocenters. The van der Waals surface area contributed by atoms with E-state index in [1.54, 1.807) is 24.3 Å². The van der Waals surface area contributed by atoms with Crippen LogP contribution in [0.1, 0.15) is 54.4 Å². The number of carbonyl (C=O) groups excluding carboxylic acids is 2. The number of hydrogen-bond acceptors (Lipinski definition) is 4. The number of urea groups is 1. The number of anilines is 2. The third-order valence-corrected chi connectivity index (χ3v) is 7.42. The second-order valence-electron chi connectivity index (χ2n) is 8.07. The molecule has 0 radical (unpaired) electrons. The summed E-state index contributed by atoms with van der Waals surface area (Å²) in [5, 5.41) is 6.76. The number of halogens is 1. The van der Waals surface area contributed by atoms with Crippen LogP contribution in [0.25, 0.3) is 0 Å². The summed E-state index contributed by atoms with van der Waals surface area (Å²) in [6.07, 6.45) is 3.89. The highest BCUT2D eigenvalue weighted by Crippen LogP contribution is 2.45. The molecule has 2 N–H and O–H groups in total. The number of rotatable bonds is 5. The van der Waals surface area contributed by atoms with Crippen molar-refractivity contribution in [2.24, 2.45) is 11.3 Å². The van der Waals surface area contributed by atoms with Crippen molar-refractivity contribution in [1.82, 2.24) is 0 Å². The van der Waals surface area contributed by atoms with Crippen LogP contribution >= 0.6 is 22.9 Å². The summed E-state index contributed by atoms with van der Waals surface area (Å²) in [5.41, 5.74) is 2.38. The maximum absolute atomic E-state index is 12.5. The number of esters is 1. The van der Waals surface area contributed by atoms with Gasteiger partial charge in [0.25, 0.3) is 0 Å². The van der Waals surface area contributed by atoms with Gasteiger partial charge in [0.2, 0.25) is 0 Å². The molecule has 0 bridgehead atoms. The SMILES string of the molecule is CCC(C)(C)C1CCc2c(sc(NC(=O)Nc3ccc(Cl)cc3)c2C(=O)OC)C1. The first-order chi connectivity index (χ1) is 13.7. The highest BCUT2D eigenvalue weighted by Gasteiger charge is 2.35. The van der Waals surface area contributed by atoms with Gasteiger partial charge in [0.1, 0.15) is 5.00 Å². The lowest BCUT2D eigenvalue weighted by atomic mass is 9.69. The standard InChI is InChI=1S/C22H27ClN2O3S/c1-5-22(2,3)13-6-11-16-17(12-13)29-19(18(16)20(26)28-4)25-21(27)24-15-9-7-14(23)8-10-15/h7-10,13H,5-6,11-12H2,1-4H3,(H2,24,25,27). The van der Waals surface area contributed by atoms with Crippen molar-refractivity contribution in [2.45, 2.75) is 46.5 Å². The lowest BCUT2D eigenvalue weighted by Gasteiger charge is -2.36. The summed E-state index contributed by atoms with van der Waals surface area (Å²) < 4.78 is 5.01. The highest BCUT2D eigenvalue weighted by atomic mass is 35.5. The van der Waals surface area contributed by atoms with Gasteiger partial charge in [-0.1, -0.05) is 38.8 Å². The number of thiophene rings is 1. The Morgan fingerprint density at radius 1 is 1.24 bits per heavy atom. The van der Waals surface area contributed by atoms with Crippen LogP contribution in [-0.4, -0.2) is 19.1 Å². The fraction of sp³-hybridized carbons (Fsp3) is 0.455. The van der Waals surface area contributed by atoms with E-state index in [-0.39, 0.29) is 5.41 Å². The fourth-order valence-electron chi connectivity index (χ4n) is 3.75. The van der Waals surface area contributed by atoms with E-state index in [9.17, 15) is 9.59 Å². The molecule has 1 aromatic carbocycles. The van der Waals surface area contributed by atoms with Gasteiger partial charge in [-0.25, -0.2) is 9.59 Å². The van der Waals surface area contributed by atoms with Crippen LogP contribution in [0.3, 0.4) is 0 Å². The Hall–Kier alpha value is -2.05. The second kappa shape index (κ2) is 8.76. The van der Waals surface area contributed by atoms with E-state index in [1.807, 2.05) is 0 Å². The predicted octanol–water partition coefficient (Wildman–Crippen LogP) is 6.37. The summed E-state index contributed by atoms with van der Waals surface area (Å²) in [7, 11) is 1.37. The summed E-state index contributed by atoms with van der Waals surface area (Å²) >= 11 is 7.37. The molecule has 2 aromatic rings. The number of carbonyl (C=O) groups is 2. The van der Waals surface area contributed by atoms with E-state index in [2.05, 4.69) is 31.4 Å². The van der Waals surface area contributed by atoms with E-state index in [0.29, 0.717) is 27.2 Å². The van der Waals surface area contributed by atoms with Crippen LogP contribution in [0.5, 0.6) is 0 Å². The molecule has 0 saturated carbocycles. The van der Waals surface area contributed by atoms with Gasteiger partial charge >= 0.3 is 12.0 Å². The molecule has 0 saturated heterocycles. The number of amides is 2. The first kappa shape index (κ1) is 21.7. The van der Waals surface area contributed by atoms with E-state index >= 15 is 0 Å². The van der Waals surface area contributed by atoms with Gasteiger partial charge in [-0.2, -0.15) is 0 Å². The number of fused-ring (bicyclic) bond motifs is 1. The average molecular weight is 435 g/mol. The highest BCUT2D eigenvalue weighted by molar-refractivity contribution is 7.17. The van der Waals surface area contributed by atoms with E-state index < -0.39 is 12.0 Å². The molecule has 1 aliphatic rings. The van der Waals surface area contributed by atoms with Crippen molar-refractivity contribution in [1.29, 1.82) is 0 Å². The number of hydrogen-bond donors (Lipinski definition) is 2. The number of ether oxygens (including phenoxy) is 1. The van der Waals surface area contributed by atoms with Crippen LogP contribution in [0.15, 0.2) is 24.3 Å². The quantitative estimate of drug-likeness (QED) is 0.537. The lowest BCUT2D eigenvalue weighted by Crippen LogP contribution is -2.28. The number of nitrogens with one attached hydrogen (secondary N) is 2. The fourth-order valence-corrected chi connectivity index (χ4v) is 5.18. The third-order valence-electron chi connectivity index (χ3n) is 6.00. The Bertz CT molecular complexity index is 906. The summed E-state index contributed by atoms with van der Waals surface area (Å²) in [6.45, 7) is 6.82. The summed E-state index contributed by atoms with van der Waals surface area (Å²) in [5.74, 6) is 0.150. The molecule has 1 atom stereocenters. The van der Waals surface area contributed by atoms with Crippen molar-refractivity contribution in [3.63, 3.8) is 0 Å². The van der Waals surface area contributed by atoms with Gasteiger partial charge < -0.3 is 10.1 Å². The molecular formula is C22H27ClN2O3S. The van der Waals surface area contributed by atoms with E-state index in [4.69, 9.17) is 16.3 Å². The normalized spacial score (nSPS) is 16.1. The maximum atomic E-state index is 12.5. The van der Waals surface area contributed by atoms with Gasteiger partial charge in [-0.15, -0.1) is 11.3 Å². The molecule has 3 rings (SSSR count). The van der Waals surface area contributed by atoms with Crippen molar-refractivity contribution in [3.8, 4) is 0 Å². The molecule has 1 aliphatic carbocycles. The van der Waals surface area contributed by atoms with Gasteiger partial charge in [0.15, 0.2) is 0 Å². The second-order valence-corrected chi connectivity index (χ2v) is 9.61. The first-order valence-electron chi connectivity index (χ1n) is 9.81. The zero-order chi connectivity index (χ0) is 21.2. The Balaban J connectivity index is 1.84. The molecule has 1 heterocycles. The van der Waals surface area contributed by atoms with Gasteiger partial charge in [-0.3, -0.25) is 5.32 Å². The average Bonchev–Trinajstić information content (AvgIpc) is 3.05. The largest absolute Gasteiger partial charge is 0.465 e. The van der Waals surface area contributed by atoms with Crippen LogP contribution < -0.4 is 10.6 Å². The Morgan fingerprint density at radius 3 is 2.55 bits per heavy atom. The maximum Gasteiger partial charge on any atom is 0.341 e. The van der Waals surface area contributed by atoms with Crippen LogP contribution in [0.4, 0.5) is 15.5 Å². The van der Waals surface area contributed by atoms with Crippen molar-refractivity contribution >= 4 is 45.6 Å². The minimum absolute atomic E-state index is 0.243. The molecule has 5 nitrogen and oxygen atoms in total. The Labute approximate surface area is 180 Å². The zero-order valence-electron chi connectivity index (χ0n) is 17.2. The lowest BCUT2D eigenvalue weighted by molar-refractivity contribution is 0.0600. The van der Waals surface area contributed by atoms with E-state index in [0.717, 1.165) is 31.2 Å². The van der Waals surface area contributed by atoms with Crippen LogP contribution in [0.2, 0.25) is 5.02 Å². The van der Waals surface area contributed by atoms with Crippen molar-refractivity contribution < 1.29 is 14.3 Å². The molecular weight excluding hydrogens is 408 g/mol. The molecule has 0 fully saturated rings. The van der Waals surface area contributed by atoms with Gasteiger partial charge in [0.05, 0.1) is 12.7 Å². The van der Waals surface area contributed by atoms with E-state index in [1.165, 1.54) is 23.3 Å². The van der Waals surface area contributed by atoms with Gasteiger partial charge in [0, 0.05) is 15.6 Å². The van der Waals surface area contributed by atoms with Crippen molar-refractivity contribution in [3.05, 3.63) is 45.3 Å². The number of methoxy groups -OCH3 is 1. The predicted molar refractivity (Wildman–Crippen MR) is 119 cm³/mol. The topological polar surface area (TPSA) is 67.4 Å². The Kier molecular flexibility index (Phi) is 6.54. The number of benzene rings is 1. The smallest absolute Gasteiger partial charge is 0.341 e. The molecule has 29 heavy (non-hydrogen) atoms.